The van der Waals surface area contributed by atoms with Gasteiger partial charge in [0, 0.05) is 0 Å². The molecule has 68 valence electrons. The second-order valence-corrected chi connectivity index (χ2v) is 1.61. The van der Waals surface area contributed by atoms with Gasteiger partial charge in [-0.2, -0.15) is 15.8 Å². The van der Waals surface area contributed by atoms with E-state index in [2.05, 4.69) is 51.7 Å². The van der Waals surface area contributed by atoms with Gasteiger partial charge in [0.2, 0.25) is 0 Å². The topological polar surface area (TPSA) is 71.4 Å². The van der Waals surface area contributed by atoms with Gasteiger partial charge in [-0.15, -0.1) is 0 Å². The first-order valence-corrected chi connectivity index (χ1v) is 4.10. The Morgan fingerprint density at radius 2 is 0.833 bits per heavy atom. The van der Waals surface area contributed by atoms with Crippen LogP contribution in [-0.4, -0.2) is 0 Å². The Hall–Kier alpha value is -0.480. The van der Waals surface area contributed by atoms with Gasteiger partial charge in [-0.3, -0.25) is 0 Å². The predicted molar refractivity (Wildman–Crippen MR) is 59.8 cm³/mol. The minimum Gasteiger partial charge on any atom is -0.185 e. The summed E-state index contributed by atoms with van der Waals surface area (Å²) >= 11 is 9.28. The smallest absolute Gasteiger partial charge is 0.130 e. The number of nitriles is 3. The Morgan fingerprint density at radius 1 is 0.833 bits per heavy atom. The van der Waals surface area contributed by atoms with Crippen LogP contribution in [0.15, 0.2) is 0 Å². The van der Waals surface area contributed by atoms with Crippen molar-refractivity contribution in [3.05, 3.63) is 0 Å². The van der Waals surface area contributed by atoms with Crippen LogP contribution in [0.3, 0.4) is 0 Å². The van der Waals surface area contributed by atoms with E-state index in [-0.39, 0.29) is 0 Å². The lowest BCUT2D eigenvalue weighted by atomic mass is 10.6. The van der Waals surface area contributed by atoms with Gasteiger partial charge in [0.1, 0.15) is 16.2 Å². The molecule has 0 atom stereocenters. The standard InChI is InChI=1S/C3H8.3CHNS/c1-3-2;3*2-1-3/h3H2,1-2H3;3*3H. The van der Waals surface area contributed by atoms with Crippen molar-refractivity contribution in [1.29, 1.82) is 15.8 Å². The number of hydrogen-bond donors (Lipinski definition) is 3. The number of nitrogens with zero attached hydrogens (tertiary/aromatic N) is 3. The van der Waals surface area contributed by atoms with Gasteiger partial charge in [-0.1, -0.05) is 58.2 Å². The first kappa shape index (κ1) is 22.5. The van der Waals surface area contributed by atoms with E-state index in [0.29, 0.717) is 0 Å². The van der Waals surface area contributed by atoms with Crippen LogP contribution in [-0.2, 0) is 0 Å². The number of thiocyanates is 3. The Labute approximate surface area is 90.2 Å². The summed E-state index contributed by atoms with van der Waals surface area (Å²) in [6.07, 6.45) is 1.25. The van der Waals surface area contributed by atoms with Crippen molar-refractivity contribution in [2.45, 2.75) is 20.3 Å². The van der Waals surface area contributed by atoms with Crippen molar-refractivity contribution in [3.8, 4) is 16.2 Å². The van der Waals surface area contributed by atoms with Crippen LogP contribution in [0.25, 0.3) is 0 Å². The molecule has 0 bridgehead atoms. The Kier molecular flexibility index (Phi) is 145. The number of hydrogen-bond acceptors (Lipinski definition) is 6. The van der Waals surface area contributed by atoms with Gasteiger partial charge in [0.05, 0.1) is 0 Å². The largest absolute Gasteiger partial charge is 0.185 e. The highest BCUT2D eigenvalue weighted by atomic mass is 32.1. The van der Waals surface area contributed by atoms with Crippen LogP contribution in [0.5, 0.6) is 0 Å². The van der Waals surface area contributed by atoms with E-state index in [1.165, 1.54) is 22.6 Å². The zero-order valence-electron chi connectivity index (χ0n) is 6.89. The average Bonchev–Trinajstić information content (AvgIpc) is 1.92. The fraction of sp³-hybridized carbons (Fsp3) is 0.500. The highest BCUT2D eigenvalue weighted by Gasteiger charge is 1.35. The summed E-state index contributed by atoms with van der Waals surface area (Å²) in [5.74, 6) is 0. The molecular weight excluding hydrogens is 210 g/mol. The van der Waals surface area contributed by atoms with Crippen LogP contribution < -0.4 is 0 Å². The first-order valence-electron chi connectivity index (χ1n) is 2.76. The molecular formula is C6H11N3S3. The minimum absolute atomic E-state index is 1.25. The molecule has 0 saturated heterocycles. The quantitative estimate of drug-likeness (QED) is 0.435. The third kappa shape index (κ3) is 3000. The summed E-state index contributed by atoms with van der Waals surface area (Å²) in [6.45, 7) is 4.25. The van der Waals surface area contributed by atoms with E-state index in [4.69, 9.17) is 15.8 Å². The predicted octanol–water partition coefficient (Wildman–Crippen LogP) is 2.61. The van der Waals surface area contributed by atoms with Gasteiger partial charge in [-0.05, 0) is 0 Å². The molecule has 0 aromatic carbocycles. The molecule has 0 aromatic rings. The molecule has 0 aromatic heterocycles. The van der Waals surface area contributed by atoms with Gasteiger partial charge in [0.15, 0.2) is 0 Å². The van der Waals surface area contributed by atoms with Crippen molar-refractivity contribution >= 4 is 37.9 Å². The lowest BCUT2D eigenvalue weighted by Crippen LogP contribution is -1.27. The molecule has 0 amide bonds. The fourth-order valence-electron chi connectivity index (χ4n) is 0. The highest BCUT2D eigenvalue weighted by Crippen LogP contribution is 1.56. The molecule has 12 heavy (non-hydrogen) atoms. The molecule has 0 fully saturated rings. The van der Waals surface area contributed by atoms with Crippen LogP contribution in [0.1, 0.15) is 20.3 Å². The molecule has 0 aliphatic heterocycles. The number of rotatable bonds is 0. The van der Waals surface area contributed by atoms with Gasteiger partial charge < -0.3 is 0 Å². The summed E-state index contributed by atoms with van der Waals surface area (Å²) in [5, 5.41) is 25.9. The Morgan fingerprint density at radius 3 is 0.833 bits per heavy atom. The SMILES string of the molecule is CCC.N#CS.N#CS.N#CS. The molecule has 0 saturated carbocycles. The molecule has 0 unspecified atom stereocenters. The lowest BCUT2D eigenvalue weighted by Gasteiger charge is -1.48. The molecule has 3 nitrogen and oxygen atoms in total. The summed E-state index contributed by atoms with van der Waals surface area (Å²) < 4.78 is 0. The molecule has 0 N–H and O–H groups in total. The zero-order chi connectivity index (χ0) is 10.8. The Balaban J connectivity index is -0.0000000356. The number of thiol groups is 3. The van der Waals surface area contributed by atoms with Crippen LogP contribution >= 0.6 is 37.9 Å². The molecule has 0 aliphatic rings. The van der Waals surface area contributed by atoms with Crippen molar-refractivity contribution in [1.82, 2.24) is 0 Å². The van der Waals surface area contributed by atoms with E-state index < -0.39 is 0 Å². The third-order valence-corrected chi connectivity index (χ3v) is 0. The van der Waals surface area contributed by atoms with Crippen molar-refractivity contribution in [3.63, 3.8) is 0 Å². The van der Waals surface area contributed by atoms with E-state index >= 15 is 0 Å². The normalized spacial score (nSPS) is 3.50. The second kappa shape index (κ2) is 76.9. The maximum Gasteiger partial charge on any atom is 0.130 e. The van der Waals surface area contributed by atoms with Crippen LogP contribution in [0.2, 0.25) is 0 Å². The molecule has 0 spiro atoms. The molecule has 0 heterocycles. The van der Waals surface area contributed by atoms with Crippen LogP contribution in [0.4, 0.5) is 0 Å². The van der Waals surface area contributed by atoms with E-state index in [0.717, 1.165) is 0 Å². The lowest BCUT2D eigenvalue weighted by molar-refractivity contribution is 1.09. The zero-order valence-corrected chi connectivity index (χ0v) is 9.57. The minimum atomic E-state index is 1.25. The maximum atomic E-state index is 7.18. The highest BCUT2D eigenvalue weighted by molar-refractivity contribution is 7.85. The third-order valence-electron chi connectivity index (χ3n) is 0. The average molecular weight is 221 g/mol. The summed E-state index contributed by atoms with van der Waals surface area (Å²) in [6, 6.07) is 0. The van der Waals surface area contributed by atoms with Crippen molar-refractivity contribution in [2.24, 2.45) is 0 Å². The van der Waals surface area contributed by atoms with Crippen molar-refractivity contribution in [2.75, 3.05) is 0 Å². The monoisotopic (exact) mass is 221 g/mol. The van der Waals surface area contributed by atoms with E-state index in [1.54, 1.807) is 0 Å². The van der Waals surface area contributed by atoms with Gasteiger partial charge in [0.25, 0.3) is 0 Å². The second-order valence-electron chi connectivity index (χ2n) is 1.01. The van der Waals surface area contributed by atoms with Crippen LogP contribution in [0, 0.1) is 32.0 Å². The summed E-state index contributed by atoms with van der Waals surface area (Å²) in [5.41, 5.74) is 0. The van der Waals surface area contributed by atoms with Gasteiger partial charge in [-0.25, -0.2) is 0 Å². The summed E-state index contributed by atoms with van der Waals surface area (Å²) in [4.78, 5) is 0. The van der Waals surface area contributed by atoms with Crippen molar-refractivity contribution < 1.29 is 0 Å². The van der Waals surface area contributed by atoms with Gasteiger partial charge >= 0.3 is 0 Å². The molecule has 0 rings (SSSR count). The fourth-order valence-corrected chi connectivity index (χ4v) is 0. The Bertz CT molecular complexity index is 122. The molecule has 0 radical (unpaired) electrons. The first-order chi connectivity index (χ1) is 5.66. The molecule has 0 aliphatic carbocycles. The summed E-state index contributed by atoms with van der Waals surface area (Å²) in [7, 11) is 0. The van der Waals surface area contributed by atoms with E-state index in [1.807, 2.05) is 0 Å². The van der Waals surface area contributed by atoms with E-state index in [9.17, 15) is 0 Å². The molecule has 6 heteroatoms. The maximum absolute atomic E-state index is 7.18.